The van der Waals surface area contributed by atoms with Crippen molar-refractivity contribution >= 4 is 11.6 Å². The third-order valence-electron chi connectivity index (χ3n) is 4.90. The first kappa shape index (κ1) is 27.0. The zero-order valence-corrected chi connectivity index (χ0v) is 23.4. The fraction of sp³-hybridized carbons (Fsp3) is 0.160. The molecule has 3 aromatic carbocycles. The summed E-state index contributed by atoms with van der Waals surface area (Å²) in [5.74, 6) is 0.822. The van der Waals surface area contributed by atoms with E-state index in [2.05, 4.69) is 11.2 Å². The van der Waals surface area contributed by atoms with Crippen molar-refractivity contribution in [2.24, 2.45) is 0 Å². The fourth-order valence-electron chi connectivity index (χ4n) is 3.37. The van der Waals surface area contributed by atoms with E-state index >= 15 is 0 Å². The van der Waals surface area contributed by atoms with Crippen LogP contribution in [-0.2, 0) is 12.8 Å². The molecule has 0 amide bonds. The van der Waals surface area contributed by atoms with Gasteiger partial charge < -0.3 is 14.6 Å². The van der Waals surface area contributed by atoms with E-state index in [1.54, 1.807) is 18.2 Å². The van der Waals surface area contributed by atoms with Crippen LogP contribution in [0.1, 0.15) is 18.3 Å². The molecule has 0 aliphatic carbocycles. The van der Waals surface area contributed by atoms with Crippen LogP contribution in [0.2, 0.25) is 5.02 Å². The van der Waals surface area contributed by atoms with Gasteiger partial charge in [0.2, 0.25) is 0 Å². The molecule has 10 heteroatoms. The number of hydrogen-bond acceptors (Lipinski definition) is 4. The summed E-state index contributed by atoms with van der Waals surface area (Å²) in [6.45, 7) is 2.17. The number of nitrogens with zero attached hydrogens (tertiary/aromatic N) is 2. The predicted molar refractivity (Wildman–Crippen MR) is 121 cm³/mol. The quantitative estimate of drug-likeness (QED) is 0.216. The number of aromatic hydroxyl groups is 1. The van der Waals surface area contributed by atoms with Gasteiger partial charge in [0.25, 0.3) is 0 Å². The molecular weight excluding hydrogens is 707 g/mol. The van der Waals surface area contributed by atoms with Crippen LogP contribution in [-0.4, -0.2) is 21.5 Å². The fourth-order valence-corrected chi connectivity index (χ4v) is 3.62. The maximum absolute atomic E-state index is 13.3. The molecule has 1 N–H and O–H groups in total. The number of alkyl halides is 3. The summed E-state index contributed by atoms with van der Waals surface area (Å²) in [5, 5.41) is 13.8. The Balaban J connectivity index is 0.00000342. The average molecular weight is 726 g/mol. The number of rotatable bonds is 7. The number of halogens is 4. The Kier molecular flexibility index (Phi) is 8.81. The molecule has 4 rings (SSSR count). The standard InChI is InChI=1S/C25H19ClF3N2O3.U/c1-2-33-22-9-4-3-6-19(22)16-10-12-18(13-11-16)34-15-17-14-23(25(27,28)29)30-31(17)24-20(26)7-5-8-21(24)32;/h3-5,7-14,32H,2,15H2,1H3;/q-1;. The predicted octanol–water partition coefficient (Wildman–Crippen LogP) is 6.69. The van der Waals surface area contributed by atoms with Crippen molar-refractivity contribution < 1.29 is 58.9 Å². The number of aromatic nitrogens is 2. The minimum Gasteiger partial charge on any atom is -0.537 e. The number of benzene rings is 3. The summed E-state index contributed by atoms with van der Waals surface area (Å²) in [6, 6.07) is 20.7. The van der Waals surface area contributed by atoms with Crippen molar-refractivity contribution in [3.8, 4) is 34.1 Å². The molecule has 0 atom stereocenters. The van der Waals surface area contributed by atoms with Gasteiger partial charge in [-0.2, -0.15) is 18.3 Å². The maximum Gasteiger partial charge on any atom is 0.435 e. The summed E-state index contributed by atoms with van der Waals surface area (Å²) in [5.41, 5.74) is 0.523. The molecule has 1 aromatic heterocycles. The van der Waals surface area contributed by atoms with Gasteiger partial charge in [0, 0.05) is 36.9 Å². The average Bonchev–Trinajstić information content (AvgIpc) is 3.23. The minimum atomic E-state index is -4.68. The molecule has 35 heavy (non-hydrogen) atoms. The molecule has 0 unspecified atom stereocenters. The van der Waals surface area contributed by atoms with Crippen molar-refractivity contribution in [1.29, 1.82) is 0 Å². The molecule has 1 heterocycles. The van der Waals surface area contributed by atoms with E-state index in [0.717, 1.165) is 21.9 Å². The van der Waals surface area contributed by atoms with E-state index < -0.39 is 11.9 Å². The van der Waals surface area contributed by atoms with Gasteiger partial charge in [-0.05, 0) is 37.3 Å². The van der Waals surface area contributed by atoms with Crippen LogP contribution in [0.4, 0.5) is 13.2 Å². The van der Waals surface area contributed by atoms with Gasteiger partial charge in [-0.1, -0.05) is 35.4 Å². The van der Waals surface area contributed by atoms with Gasteiger partial charge >= 0.3 is 6.18 Å². The monoisotopic (exact) mass is 725 g/mol. The van der Waals surface area contributed by atoms with E-state index in [1.807, 2.05) is 31.2 Å². The zero-order valence-electron chi connectivity index (χ0n) is 18.4. The zero-order chi connectivity index (χ0) is 24.3. The Morgan fingerprint density at radius 1 is 1.06 bits per heavy atom. The Bertz CT molecular complexity index is 1270. The summed E-state index contributed by atoms with van der Waals surface area (Å²) < 4.78 is 52.3. The number of ether oxygens (including phenoxy) is 2. The van der Waals surface area contributed by atoms with Crippen LogP contribution >= 0.6 is 11.6 Å². The van der Waals surface area contributed by atoms with Crippen LogP contribution in [0.3, 0.4) is 0 Å². The Hall–Kier alpha value is -2.60. The normalized spacial score (nSPS) is 11.1. The van der Waals surface area contributed by atoms with Crippen LogP contribution in [0, 0.1) is 37.2 Å². The Morgan fingerprint density at radius 2 is 1.80 bits per heavy atom. The van der Waals surface area contributed by atoms with Gasteiger partial charge in [-0.15, -0.1) is 29.8 Å². The topological polar surface area (TPSA) is 56.5 Å². The number of phenols is 1. The van der Waals surface area contributed by atoms with E-state index in [4.69, 9.17) is 21.1 Å². The van der Waals surface area contributed by atoms with Crippen molar-refractivity contribution in [1.82, 2.24) is 9.78 Å². The van der Waals surface area contributed by atoms with Gasteiger partial charge in [-0.3, -0.25) is 0 Å². The van der Waals surface area contributed by atoms with Gasteiger partial charge in [0.15, 0.2) is 5.69 Å². The van der Waals surface area contributed by atoms with E-state index in [0.29, 0.717) is 18.1 Å². The molecule has 0 spiro atoms. The molecule has 0 saturated heterocycles. The largest absolute Gasteiger partial charge is 0.537 e. The summed E-state index contributed by atoms with van der Waals surface area (Å²) >= 11 is 6.13. The molecule has 4 aromatic rings. The molecule has 5 nitrogen and oxygen atoms in total. The van der Waals surface area contributed by atoms with Crippen LogP contribution in [0.25, 0.3) is 16.8 Å². The van der Waals surface area contributed by atoms with Gasteiger partial charge in [0.1, 0.15) is 23.8 Å². The number of hydrogen-bond donors (Lipinski definition) is 1. The third-order valence-corrected chi connectivity index (χ3v) is 5.20. The smallest absolute Gasteiger partial charge is 0.435 e. The van der Waals surface area contributed by atoms with E-state index in [9.17, 15) is 18.3 Å². The third kappa shape index (κ3) is 6.16. The molecule has 0 saturated carbocycles. The Labute approximate surface area is 228 Å². The number of para-hydroxylation sites is 1. The van der Waals surface area contributed by atoms with Gasteiger partial charge in [-0.25, -0.2) is 4.68 Å². The first-order valence-electron chi connectivity index (χ1n) is 10.3. The molecular formula is C25H19ClF3N2O3U-. The molecule has 0 aliphatic heterocycles. The van der Waals surface area contributed by atoms with Crippen molar-refractivity contribution in [2.45, 2.75) is 19.7 Å². The minimum absolute atomic E-state index is 0. The second-order valence-corrected chi connectivity index (χ2v) is 7.60. The molecule has 0 aliphatic rings. The van der Waals surface area contributed by atoms with Crippen molar-refractivity contribution in [3.63, 3.8) is 0 Å². The SMILES string of the molecule is CCOc1ccc[c-]c1-c1ccc(OCc2cc(C(F)(F)F)nn2-c2c(O)cccc2Cl)cc1.[U]. The molecule has 0 bridgehead atoms. The number of phenolic OH excluding ortho intramolecular Hbond substituents is 1. The van der Waals surface area contributed by atoms with Crippen LogP contribution < -0.4 is 9.47 Å². The Morgan fingerprint density at radius 3 is 2.46 bits per heavy atom. The summed E-state index contributed by atoms with van der Waals surface area (Å²) in [6.07, 6.45) is -4.68. The molecule has 0 fully saturated rings. The summed E-state index contributed by atoms with van der Waals surface area (Å²) in [4.78, 5) is 0. The maximum atomic E-state index is 13.3. The van der Waals surface area contributed by atoms with E-state index in [1.165, 1.54) is 18.2 Å². The molecule has 0 radical (unpaired) electrons. The first-order chi connectivity index (χ1) is 16.3. The van der Waals surface area contributed by atoms with Crippen molar-refractivity contribution in [2.75, 3.05) is 6.61 Å². The van der Waals surface area contributed by atoms with Crippen molar-refractivity contribution in [3.05, 3.63) is 89.2 Å². The first-order valence-corrected chi connectivity index (χ1v) is 10.7. The van der Waals surface area contributed by atoms with E-state index in [-0.39, 0.29) is 59.9 Å². The second-order valence-electron chi connectivity index (χ2n) is 7.19. The molecule has 180 valence electrons. The summed E-state index contributed by atoms with van der Waals surface area (Å²) in [7, 11) is 0. The van der Waals surface area contributed by atoms with Gasteiger partial charge in [0.05, 0.1) is 17.3 Å². The van der Waals surface area contributed by atoms with Crippen LogP contribution in [0.15, 0.2) is 66.7 Å². The second kappa shape index (κ2) is 11.4. The van der Waals surface area contributed by atoms with Crippen LogP contribution in [0.5, 0.6) is 17.2 Å².